The Morgan fingerprint density at radius 1 is 1.27 bits per heavy atom. The summed E-state index contributed by atoms with van der Waals surface area (Å²) in [5.41, 5.74) is 3.94. The van der Waals surface area contributed by atoms with Gasteiger partial charge in [0.05, 0.1) is 6.26 Å². The number of hydrogen-bond donors (Lipinski definition) is 0. The van der Waals surface area contributed by atoms with E-state index in [9.17, 15) is 0 Å². The molecule has 0 spiro atoms. The molecular weight excluding hydrogens is 186 g/mol. The Morgan fingerprint density at radius 2 is 2.20 bits per heavy atom. The van der Waals surface area contributed by atoms with E-state index >= 15 is 0 Å². The lowest BCUT2D eigenvalue weighted by molar-refractivity contribution is 0.332. The molecule has 1 aliphatic heterocycles. The highest BCUT2D eigenvalue weighted by Crippen LogP contribution is 2.25. The summed E-state index contributed by atoms with van der Waals surface area (Å²) in [5.74, 6) is 0. The molecule has 0 radical (unpaired) electrons. The minimum absolute atomic E-state index is 1.02. The van der Waals surface area contributed by atoms with E-state index in [2.05, 4.69) is 24.1 Å². The maximum absolute atomic E-state index is 5.44. The van der Waals surface area contributed by atoms with Crippen LogP contribution in [-0.2, 0) is 13.0 Å². The monoisotopic (exact) mass is 201 g/mol. The van der Waals surface area contributed by atoms with Crippen molar-refractivity contribution in [1.82, 2.24) is 4.90 Å². The van der Waals surface area contributed by atoms with Crippen LogP contribution in [0, 0.1) is 0 Å². The molecule has 1 aliphatic rings. The van der Waals surface area contributed by atoms with Crippen LogP contribution >= 0.6 is 0 Å². The van der Waals surface area contributed by atoms with Crippen LogP contribution in [0.1, 0.15) is 17.5 Å². The Kier molecular flexibility index (Phi) is 2.03. The standard InChI is InChI=1S/C13H15NO/c1-14-5-2-3-10-7-11-4-6-15-13(11)8-12(10)9-14/h4,6-8H,2-3,5,9H2,1H3. The topological polar surface area (TPSA) is 16.4 Å². The van der Waals surface area contributed by atoms with Gasteiger partial charge in [-0.1, -0.05) is 0 Å². The molecule has 2 heteroatoms. The van der Waals surface area contributed by atoms with E-state index in [4.69, 9.17) is 4.42 Å². The van der Waals surface area contributed by atoms with E-state index < -0.39 is 0 Å². The molecule has 0 saturated carbocycles. The molecule has 78 valence electrons. The maximum atomic E-state index is 5.44. The molecule has 0 unspecified atom stereocenters. The van der Waals surface area contributed by atoms with Crippen molar-refractivity contribution in [3.8, 4) is 0 Å². The predicted octanol–water partition coefficient (Wildman–Crippen LogP) is 2.81. The molecule has 0 fully saturated rings. The molecule has 1 aromatic carbocycles. The molecule has 1 aromatic heterocycles. The second-order valence-electron chi connectivity index (χ2n) is 4.42. The van der Waals surface area contributed by atoms with Crippen LogP contribution in [0.4, 0.5) is 0 Å². The van der Waals surface area contributed by atoms with Crippen LogP contribution in [0.15, 0.2) is 28.9 Å². The molecule has 2 heterocycles. The largest absolute Gasteiger partial charge is 0.464 e. The van der Waals surface area contributed by atoms with Gasteiger partial charge in [-0.05, 0) is 55.8 Å². The first-order valence-electron chi connectivity index (χ1n) is 5.50. The van der Waals surface area contributed by atoms with Crippen molar-refractivity contribution >= 4 is 11.0 Å². The van der Waals surface area contributed by atoms with Crippen LogP contribution in [0.25, 0.3) is 11.0 Å². The fourth-order valence-corrected chi connectivity index (χ4v) is 2.39. The highest BCUT2D eigenvalue weighted by Gasteiger charge is 2.12. The van der Waals surface area contributed by atoms with Gasteiger partial charge in [-0.25, -0.2) is 0 Å². The zero-order valence-corrected chi connectivity index (χ0v) is 8.99. The first-order valence-corrected chi connectivity index (χ1v) is 5.50. The summed E-state index contributed by atoms with van der Waals surface area (Å²) in [5, 5.41) is 1.23. The van der Waals surface area contributed by atoms with E-state index in [1.54, 1.807) is 6.26 Å². The fraction of sp³-hybridized carbons (Fsp3) is 0.385. The molecule has 3 rings (SSSR count). The highest BCUT2D eigenvalue weighted by atomic mass is 16.3. The van der Waals surface area contributed by atoms with E-state index in [1.165, 1.54) is 35.9 Å². The number of furan rings is 1. The van der Waals surface area contributed by atoms with Gasteiger partial charge >= 0.3 is 0 Å². The molecule has 0 aliphatic carbocycles. The molecular formula is C13H15NO. The quantitative estimate of drug-likeness (QED) is 0.651. The average Bonchev–Trinajstić information content (AvgIpc) is 2.57. The minimum atomic E-state index is 1.02. The van der Waals surface area contributed by atoms with Crippen molar-refractivity contribution in [1.29, 1.82) is 0 Å². The Balaban J connectivity index is 2.15. The third-order valence-electron chi connectivity index (χ3n) is 3.20. The minimum Gasteiger partial charge on any atom is -0.464 e. The molecule has 15 heavy (non-hydrogen) atoms. The van der Waals surface area contributed by atoms with Crippen LogP contribution in [0.2, 0.25) is 0 Å². The van der Waals surface area contributed by atoms with E-state index in [0.29, 0.717) is 0 Å². The van der Waals surface area contributed by atoms with Crippen LogP contribution < -0.4 is 0 Å². The zero-order chi connectivity index (χ0) is 10.3. The summed E-state index contributed by atoms with van der Waals surface area (Å²) < 4.78 is 5.44. The summed E-state index contributed by atoms with van der Waals surface area (Å²) in [4.78, 5) is 2.38. The Morgan fingerprint density at radius 3 is 3.13 bits per heavy atom. The zero-order valence-electron chi connectivity index (χ0n) is 8.99. The SMILES string of the molecule is CN1CCCc2cc3ccoc3cc2C1. The molecule has 0 atom stereocenters. The van der Waals surface area contributed by atoms with Crippen molar-refractivity contribution in [2.45, 2.75) is 19.4 Å². The predicted molar refractivity (Wildman–Crippen MR) is 60.9 cm³/mol. The Hall–Kier alpha value is -1.28. The van der Waals surface area contributed by atoms with Gasteiger partial charge in [0.25, 0.3) is 0 Å². The van der Waals surface area contributed by atoms with Gasteiger partial charge in [0.15, 0.2) is 0 Å². The van der Waals surface area contributed by atoms with Crippen LogP contribution in [0.5, 0.6) is 0 Å². The highest BCUT2D eigenvalue weighted by molar-refractivity contribution is 5.79. The summed E-state index contributed by atoms with van der Waals surface area (Å²) in [6, 6.07) is 6.53. The van der Waals surface area contributed by atoms with Crippen molar-refractivity contribution in [3.63, 3.8) is 0 Å². The number of aryl methyl sites for hydroxylation is 1. The fourth-order valence-electron chi connectivity index (χ4n) is 2.39. The van der Waals surface area contributed by atoms with Gasteiger partial charge in [0.2, 0.25) is 0 Å². The molecule has 0 saturated heterocycles. The van der Waals surface area contributed by atoms with Crippen molar-refractivity contribution in [2.24, 2.45) is 0 Å². The van der Waals surface area contributed by atoms with E-state index in [0.717, 1.165) is 12.1 Å². The molecule has 2 nitrogen and oxygen atoms in total. The number of rotatable bonds is 0. The van der Waals surface area contributed by atoms with E-state index in [1.807, 2.05) is 6.07 Å². The maximum Gasteiger partial charge on any atom is 0.134 e. The molecule has 0 N–H and O–H groups in total. The normalized spacial score (nSPS) is 17.7. The van der Waals surface area contributed by atoms with Gasteiger partial charge in [-0.3, -0.25) is 0 Å². The van der Waals surface area contributed by atoms with Gasteiger partial charge in [0, 0.05) is 11.9 Å². The van der Waals surface area contributed by atoms with Crippen LogP contribution in [-0.4, -0.2) is 18.5 Å². The summed E-state index contributed by atoms with van der Waals surface area (Å²) in [7, 11) is 2.18. The molecule has 0 bridgehead atoms. The number of nitrogens with zero attached hydrogens (tertiary/aromatic N) is 1. The molecule has 2 aromatic rings. The second-order valence-corrected chi connectivity index (χ2v) is 4.42. The number of fused-ring (bicyclic) bond motifs is 2. The lowest BCUT2D eigenvalue weighted by Gasteiger charge is -2.13. The Bertz CT molecular complexity index is 486. The van der Waals surface area contributed by atoms with E-state index in [-0.39, 0.29) is 0 Å². The van der Waals surface area contributed by atoms with Gasteiger partial charge in [-0.2, -0.15) is 0 Å². The van der Waals surface area contributed by atoms with Crippen molar-refractivity contribution in [3.05, 3.63) is 35.6 Å². The first-order chi connectivity index (χ1) is 7.33. The number of benzene rings is 1. The third-order valence-corrected chi connectivity index (χ3v) is 3.20. The summed E-state index contributed by atoms with van der Waals surface area (Å²) in [6.07, 6.45) is 4.22. The first kappa shape index (κ1) is 8.98. The Labute approximate surface area is 89.5 Å². The van der Waals surface area contributed by atoms with Crippen LogP contribution in [0.3, 0.4) is 0 Å². The summed E-state index contributed by atoms with van der Waals surface area (Å²) in [6.45, 7) is 2.24. The lowest BCUT2D eigenvalue weighted by Crippen LogP contribution is -2.16. The average molecular weight is 201 g/mol. The number of hydrogen-bond acceptors (Lipinski definition) is 2. The van der Waals surface area contributed by atoms with Crippen molar-refractivity contribution < 1.29 is 4.42 Å². The second kappa shape index (κ2) is 3.38. The summed E-state index contributed by atoms with van der Waals surface area (Å²) >= 11 is 0. The van der Waals surface area contributed by atoms with Gasteiger partial charge in [-0.15, -0.1) is 0 Å². The van der Waals surface area contributed by atoms with Crippen molar-refractivity contribution in [2.75, 3.05) is 13.6 Å². The molecule has 0 amide bonds. The smallest absolute Gasteiger partial charge is 0.134 e. The van der Waals surface area contributed by atoms with Gasteiger partial charge < -0.3 is 9.32 Å². The third kappa shape index (κ3) is 1.55. The lowest BCUT2D eigenvalue weighted by atomic mass is 10.0. The van der Waals surface area contributed by atoms with Gasteiger partial charge in [0.1, 0.15) is 5.58 Å².